The van der Waals surface area contributed by atoms with Crippen LogP contribution in [0.2, 0.25) is 0 Å². The summed E-state index contributed by atoms with van der Waals surface area (Å²) in [5, 5.41) is 8.92. The molecule has 0 N–H and O–H groups in total. The van der Waals surface area contributed by atoms with E-state index in [9.17, 15) is 21.6 Å². The molecule has 8 heteroatoms. The van der Waals surface area contributed by atoms with E-state index in [1.54, 1.807) is 6.07 Å². The zero-order valence-electron chi connectivity index (χ0n) is 12.6. The van der Waals surface area contributed by atoms with E-state index in [0.717, 1.165) is 22.7 Å². The van der Waals surface area contributed by atoms with E-state index in [0.29, 0.717) is 5.56 Å². The van der Waals surface area contributed by atoms with Crippen LogP contribution in [0.5, 0.6) is 0 Å². The average Bonchev–Trinajstić information content (AvgIpc) is 2.51. The number of hydrogen-bond acceptors (Lipinski definition) is 3. The lowest BCUT2D eigenvalue weighted by Crippen LogP contribution is -2.29. The molecule has 4 nitrogen and oxygen atoms in total. The zero-order chi connectivity index (χ0) is 18.0. The van der Waals surface area contributed by atoms with E-state index in [4.69, 9.17) is 5.26 Å². The Morgan fingerprint density at radius 2 is 1.75 bits per heavy atom. The molecule has 2 aromatic rings. The van der Waals surface area contributed by atoms with Gasteiger partial charge in [0, 0.05) is 0 Å². The molecule has 0 atom stereocenters. The lowest BCUT2D eigenvalue weighted by Gasteiger charge is -2.23. The normalized spacial score (nSPS) is 11.8. The maximum absolute atomic E-state index is 12.6. The Labute approximate surface area is 137 Å². The van der Waals surface area contributed by atoms with Gasteiger partial charge in [-0.3, -0.25) is 4.31 Å². The first-order valence-corrected chi connectivity index (χ1v) is 8.60. The van der Waals surface area contributed by atoms with E-state index in [-0.39, 0.29) is 17.8 Å². The third-order valence-corrected chi connectivity index (χ3v) is 4.41. The highest BCUT2D eigenvalue weighted by Gasteiger charge is 2.30. The van der Waals surface area contributed by atoms with Crippen LogP contribution in [0.25, 0.3) is 0 Å². The summed E-state index contributed by atoms with van der Waals surface area (Å²) in [6, 6.07) is 12.2. The van der Waals surface area contributed by atoms with Crippen LogP contribution in [0.15, 0.2) is 48.5 Å². The van der Waals surface area contributed by atoms with Crippen molar-refractivity contribution in [1.82, 2.24) is 0 Å². The first-order valence-electron chi connectivity index (χ1n) is 6.75. The summed E-state index contributed by atoms with van der Waals surface area (Å²) < 4.78 is 62.8. The molecular weight excluding hydrogens is 341 g/mol. The van der Waals surface area contributed by atoms with Crippen LogP contribution >= 0.6 is 0 Å². The van der Waals surface area contributed by atoms with Crippen molar-refractivity contribution < 1.29 is 21.6 Å². The molecule has 0 heterocycles. The smallest absolute Gasteiger partial charge is 0.266 e. The van der Waals surface area contributed by atoms with Gasteiger partial charge in [-0.25, -0.2) is 8.42 Å². The number of rotatable bonds is 4. The minimum absolute atomic E-state index is 0.133. The third kappa shape index (κ3) is 4.26. The van der Waals surface area contributed by atoms with Gasteiger partial charge in [0.25, 0.3) is 0 Å². The monoisotopic (exact) mass is 354 g/mol. The number of alkyl halides is 3. The van der Waals surface area contributed by atoms with Crippen LogP contribution in [-0.4, -0.2) is 14.7 Å². The summed E-state index contributed by atoms with van der Waals surface area (Å²) in [5.74, 6) is 0. The zero-order valence-corrected chi connectivity index (χ0v) is 13.4. The second kappa shape index (κ2) is 6.53. The Kier molecular flexibility index (Phi) is 4.85. The summed E-state index contributed by atoms with van der Waals surface area (Å²) in [6.45, 7) is -0.133. The van der Waals surface area contributed by atoms with Gasteiger partial charge in [-0.05, 0) is 35.9 Å². The SMILES string of the molecule is CS(=O)(=O)N(Cc1ccc(C(F)(F)F)cc1)c1cccc(C#N)c1. The predicted octanol–water partition coefficient (Wildman–Crippen LogP) is 3.54. The summed E-state index contributed by atoms with van der Waals surface area (Å²) in [5.41, 5.74) is 0.157. The molecule has 0 spiro atoms. The molecule has 0 aliphatic carbocycles. The Morgan fingerprint density at radius 3 is 2.25 bits per heavy atom. The molecule has 2 rings (SSSR count). The molecule has 24 heavy (non-hydrogen) atoms. The number of sulfonamides is 1. The Morgan fingerprint density at radius 1 is 1.12 bits per heavy atom. The summed E-state index contributed by atoms with van der Waals surface area (Å²) in [7, 11) is -3.68. The first-order chi connectivity index (χ1) is 11.1. The number of nitriles is 1. The minimum atomic E-state index is -4.45. The van der Waals surface area contributed by atoms with Crippen molar-refractivity contribution in [3.05, 3.63) is 65.2 Å². The topological polar surface area (TPSA) is 61.2 Å². The molecule has 2 aromatic carbocycles. The second-order valence-corrected chi connectivity index (χ2v) is 7.03. The molecule has 0 amide bonds. The van der Waals surface area contributed by atoms with Gasteiger partial charge < -0.3 is 0 Å². The molecule has 0 fully saturated rings. The Bertz CT molecular complexity index is 869. The van der Waals surface area contributed by atoms with Gasteiger partial charge in [-0.15, -0.1) is 0 Å². The van der Waals surface area contributed by atoms with Crippen LogP contribution < -0.4 is 4.31 Å². The number of nitrogens with zero attached hydrogens (tertiary/aromatic N) is 2. The maximum Gasteiger partial charge on any atom is 0.416 e. The summed E-state index contributed by atoms with van der Waals surface area (Å²) in [6.07, 6.45) is -3.45. The van der Waals surface area contributed by atoms with E-state index in [1.807, 2.05) is 6.07 Å². The second-order valence-electron chi connectivity index (χ2n) is 5.13. The van der Waals surface area contributed by atoms with Gasteiger partial charge in [0.2, 0.25) is 10.0 Å². The fourth-order valence-electron chi connectivity index (χ4n) is 2.10. The van der Waals surface area contributed by atoms with Crippen molar-refractivity contribution in [3.63, 3.8) is 0 Å². The highest BCUT2D eigenvalue weighted by molar-refractivity contribution is 7.92. The molecule has 0 aliphatic rings. The summed E-state index contributed by atoms with van der Waals surface area (Å²) in [4.78, 5) is 0. The van der Waals surface area contributed by atoms with Crippen LogP contribution in [0, 0.1) is 11.3 Å². The number of halogens is 3. The van der Waals surface area contributed by atoms with Crippen LogP contribution in [0.3, 0.4) is 0 Å². The van der Waals surface area contributed by atoms with Crippen molar-refractivity contribution in [2.45, 2.75) is 12.7 Å². The fraction of sp³-hybridized carbons (Fsp3) is 0.188. The first kappa shape index (κ1) is 17.8. The van der Waals surface area contributed by atoms with Crippen molar-refractivity contribution in [3.8, 4) is 6.07 Å². The van der Waals surface area contributed by atoms with Crippen LogP contribution in [0.1, 0.15) is 16.7 Å². The lowest BCUT2D eigenvalue weighted by molar-refractivity contribution is -0.137. The number of benzene rings is 2. The fourth-order valence-corrected chi connectivity index (χ4v) is 2.98. The molecule has 0 saturated heterocycles. The number of hydrogen-bond donors (Lipinski definition) is 0. The van der Waals surface area contributed by atoms with Crippen LogP contribution in [-0.2, 0) is 22.7 Å². The van der Waals surface area contributed by atoms with Crippen LogP contribution in [0.4, 0.5) is 18.9 Å². The van der Waals surface area contributed by atoms with E-state index >= 15 is 0 Å². The molecule has 126 valence electrons. The molecule has 0 radical (unpaired) electrons. The van der Waals surface area contributed by atoms with Crippen molar-refractivity contribution in [2.24, 2.45) is 0 Å². The third-order valence-electron chi connectivity index (χ3n) is 3.27. The van der Waals surface area contributed by atoms with Crippen molar-refractivity contribution in [1.29, 1.82) is 5.26 Å². The quantitative estimate of drug-likeness (QED) is 0.844. The summed E-state index contributed by atoms with van der Waals surface area (Å²) >= 11 is 0. The van der Waals surface area contributed by atoms with Gasteiger partial charge >= 0.3 is 6.18 Å². The predicted molar refractivity (Wildman–Crippen MR) is 83.6 cm³/mol. The highest BCUT2D eigenvalue weighted by atomic mass is 32.2. The minimum Gasteiger partial charge on any atom is -0.266 e. The van der Waals surface area contributed by atoms with Gasteiger partial charge in [-0.1, -0.05) is 18.2 Å². The molecule has 0 bridgehead atoms. The molecule has 0 aliphatic heterocycles. The largest absolute Gasteiger partial charge is 0.416 e. The standard InChI is InChI=1S/C16H13F3N2O2S/c1-24(22,23)21(15-4-2-3-13(9-15)10-20)11-12-5-7-14(8-6-12)16(17,18)19/h2-9H,11H2,1H3. The van der Waals surface area contributed by atoms with Gasteiger partial charge in [0.05, 0.1) is 35.7 Å². The lowest BCUT2D eigenvalue weighted by atomic mass is 10.1. The highest BCUT2D eigenvalue weighted by Crippen LogP contribution is 2.29. The molecule has 0 saturated carbocycles. The Balaban J connectivity index is 2.36. The average molecular weight is 354 g/mol. The van der Waals surface area contributed by atoms with E-state index in [2.05, 4.69) is 0 Å². The van der Waals surface area contributed by atoms with E-state index in [1.165, 1.54) is 30.3 Å². The molecule has 0 aromatic heterocycles. The Hall–Kier alpha value is -2.53. The van der Waals surface area contributed by atoms with E-state index < -0.39 is 21.8 Å². The van der Waals surface area contributed by atoms with Gasteiger partial charge in [0.1, 0.15) is 0 Å². The molecule has 0 unspecified atom stereocenters. The van der Waals surface area contributed by atoms with Gasteiger partial charge in [-0.2, -0.15) is 18.4 Å². The maximum atomic E-state index is 12.6. The van der Waals surface area contributed by atoms with Crippen molar-refractivity contribution >= 4 is 15.7 Å². The number of anilines is 1. The van der Waals surface area contributed by atoms with Crippen molar-refractivity contribution in [2.75, 3.05) is 10.6 Å². The molecular formula is C16H13F3N2O2S. The van der Waals surface area contributed by atoms with Gasteiger partial charge in [0.15, 0.2) is 0 Å².